The summed E-state index contributed by atoms with van der Waals surface area (Å²) in [6, 6.07) is 17.5. The van der Waals surface area contributed by atoms with E-state index < -0.39 is 10.8 Å². The zero-order valence-corrected chi connectivity index (χ0v) is 18.2. The van der Waals surface area contributed by atoms with Gasteiger partial charge in [-0.2, -0.15) is 0 Å². The van der Waals surface area contributed by atoms with Gasteiger partial charge in [-0.3, -0.25) is 14.9 Å². The van der Waals surface area contributed by atoms with Gasteiger partial charge in [0.15, 0.2) is 5.58 Å². The maximum absolute atomic E-state index is 12.8. The molecule has 0 fully saturated rings. The fraction of sp³-hybridized carbons (Fsp3) is 0.0435. The van der Waals surface area contributed by atoms with Crippen LogP contribution in [0.3, 0.4) is 0 Å². The Labute approximate surface area is 190 Å². The lowest BCUT2D eigenvalue weighted by molar-refractivity contribution is -0.382. The van der Waals surface area contributed by atoms with E-state index in [0.717, 1.165) is 28.0 Å². The minimum absolute atomic E-state index is 0.0775. The van der Waals surface area contributed by atoms with E-state index in [-0.39, 0.29) is 15.6 Å². The van der Waals surface area contributed by atoms with E-state index in [1.807, 2.05) is 25.1 Å². The van der Waals surface area contributed by atoms with E-state index in [1.165, 1.54) is 6.07 Å². The minimum atomic E-state index is -0.483. The lowest BCUT2D eigenvalue weighted by atomic mass is 10.2. The molecule has 2 heterocycles. The number of anilines is 1. The third-order valence-corrected chi connectivity index (χ3v) is 6.70. The molecule has 0 aliphatic rings. The van der Waals surface area contributed by atoms with E-state index >= 15 is 0 Å². The third kappa shape index (κ3) is 3.49. The molecule has 158 valence electrons. The number of rotatable bonds is 4. The van der Waals surface area contributed by atoms with Crippen LogP contribution in [0, 0.1) is 17.0 Å². The van der Waals surface area contributed by atoms with Crippen molar-refractivity contribution in [3.63, 3.8) is 0 Å². The molecule has 1 amide bonds. The summed E-state index contributed by atoms with van der Waals surface area (Å²) >= 11 is 7.36. The fourth-order valence-corrected chi connectivity index (χ4v) is 4.89. The topological polar surface area (TPSA) is 98.3 Å². The number of halogens is 1. The first-order valence-corrected chi connectivity index (χ1v) is 10.7. The van der Waals surface area contributed by atoms with Crippen LogP contribution >= 0.6 is 22.9 Å². The van der Waals surface area contributed by atoms with Crippen molar-refractivity contribution in [2.45, 2.75) is 6.92 Å². The summed E-state index contributed by atoms with van der Waals surface area (Å²) in [6.07, 6.45) is 0. The van der Waals surface area contributed by atoms with Gasteiger partial charge >= 0.3 is 0 Å². The average molecular weight is 464 g/mol. The van der Waals surface area contributed by atoms with Crippen molar-refractivity contribution in [1.29, 1.82) is 0 Å². The van der Waals surface area contributed by atoms with E-state index in [2.05, 4.69) is 10.3 Å². The number of nitrogens with zero attached hydrogens (tertiary/aromatic N) is 2. The van der Waals surface area contributed by atoms with Gasteiger partial charge in [-0.25, -0.2) is 4.98 Å². The molecule has 0 spiro atoms. The predicted molar refractivity (Wildman–Crippen MR) is 126 cm³/mol. The zero-order valence-electron chi connectivity index (χ0n) is 16.6. The van der Waals surface area contributed by atoms with Gasteiger partial charge in [-0.15, -0.1) is 11.3 Å². The Balaban J connectivity index is 1.41. The Morgan fingerprint density at radius 3 is 2.69 bits per heavy atom. The Hall–Kier alpha value is -3.75. The summed E-state index contributed by atoms with van der Waals surface area (Å²) in [5, 5.41) is 14.7. The molecule has 1 N–H and O–H groups in total. The first-order valence-electron chi connectivity index (χ1n) is 9.55. The first kappa shape index (κ1) is 20.2. The summed E-state index contributed by atoms with van der Waals surface area (Å²) < 4.78 is 6.21. The second-order valence-corrected chi connectivity index (χ2v) is 8.58. The smallest absolute Gasteiger partial charge is 0.287 e. The van der Waals surface area contributed by atoms with Crippen molar-refractivity contribution < 1.29 is 14.1 Å². The maximum atomic E-state index is 12.8. The number of aryl methyl sites for hydroxylation is 1. The zero-order chi connectivity index (χ0) is 22.4. The number of benzene rings is 3. The first-order chi connectivity index (χ1) is 15.4. The quantitative estimate of drug-likeness (QED) is 0.232. The molecule has 0 saturated carbocycles. The van der Waals surface area contributed by atoms with Crippen LogP contribution in [0.2, 0.25) is 5.02 Å². The van der Waals surface area contributed by atoms with Crippen LogP contribution in [0.1, 0.15) is 15.2 Å². The highest BCUT2D eigenvalue weighted by Gasteiger charge is 2.22. The number of hydrogen-bond donors (Lipinski definition) is 1. The molecular weight excluding hydrogens is 450 g/mol. The highest BCUT2D eigenvalue weighted by Crippen LogP contribution is 2.40. The molecule has 5 aromatic rings. The molecule has 0 unspecified atom stereocenters. The number of nitro benzene ring substituents is 1. The van der Waals surface area contributed by atoms with Crippen molar-refractivity contribution in [3.8, 4) is 11.5 Å². The van der Waals surface area contributed by atoms with Crippen LogP contribution in [0.15, 0.2) is 65.1 Å². The monoisotopic (exact) mass is 463 g/mol. The van der Waals surface area contributed by atoms with Crippen molar-refractivity contribution in [2.75, 3.05) is 5.32 Å². The van der Waals surface area contributed by atoms with Crippen LogP contribution in [0.5, 0.6) is 0 Å². The molecule has 0 radical (unpaired) electrons. The highest BCUT2D eigenvalue weighted by molar-refractivity contribution is 7.22. The van der Waals surface area contributed by atoms with E-state index in [0.29, 0.717) is 27.2 Å². The summed E-state index contributed by atoms with van der Waals surface area (Å²) in [5.41, 5.74) is 3.82. The number of oxazole rings is 1. The molecule has 2 aromatic heterocycles. The van der Waals surface area contributed by atoms with Crippen molar-refractivity contribution in [3.05, 3.63) is 86.2 Å². The van der Waals surface area contributed by atoms with Crippen LogP contribution in [0.4, 0.5) is 11.4 Å². The van der Waals surface area contributed by atoms with Gasteiger partial charge in [0, 0.05) is 22.7 Å². The molecular formula is C23H14ClN3O4S. The number of non-ortho nitro benzene ring substituents is 1. The maximum Gasteiger partial charge on any atom is 0.287 e. The van der Waals surface area contributed by atoms with Crippen molar-refractivity contribution in [2.24, 2.45) is 0 Å². The number of amides is 1. The Morgan fingerprint density at radius 1 is 1.16 bits per heavy atom. The van der Waals surface area contributed by atoms with Crippen molar-refractivity contribution in [1.82, 2.24) is 4.98 Å². The lowest BCUT2D eigenvalue weighted by Gasteiger charge is -2.04. The standard InChI is InChI=1S/C23H14ClN3O4S/c1-12-5-10-16-18(11-12)31-23(26-16)13-6-8-14(9-7-13)25-22(28)21-19(24)15-3-2-4-17(27(29)30)20(15)32-21/h2-11H,1H3,(H,25,28). The molecule has 0 aliphatic heterocycles. The molecule has 7 nitrogen and oxygen atoms in total. The molecule has 0 aliphatic carbocycles. The van der Waals surface area contributed by atoms with Gasteiger partial charge in [0.2, 0.25) is 5.89 Å². The summed E-state index contributed by atoms with van der Waals surface area (Å²) in [7, 11) is 0. The van der Waals surface area contributed by atoms with Crippen LogP contribution < -0.4 is 5.32 Å². The number of nitrogens with one attached hydrogen (secondary N) is 1. The molecule has 5 rings (SSSR count). The number of carbonyl (C=O) groups excluding carboxylic acids is 1. The number of carbonyl (C=O) groups is 1. The molecule has 0 saturated heterocycles. The summed E-state index contributed by atoms with van der Waals surface area (Å²) in [4.78, 5) is 28.3. The van der Waals surface area contributed by atoms with Crippen molar-refractivity contribution >= 4 is 61.4 Å². The number of aromatic nitrogens is 1. The second kappa shape index (κ2) is 7.74. The normalized spacial score (nSPS) is 11.2. The van der Waals surface area contributed by atoms with Gasteiger partial charge in [-0.1, -0.05) is 29.8 Å². The van der Waals surface area contributed by atoms with Gasteiger partial charge in [-0.05, 0) is 48.9 Å². The summed E-state index contributed by atoms with van der Waals surface area (Å²) in [5.74, 6) is 0.0546. The van der Waals surface area contributed by atoms with Gasteiger partial charge in [0.1, 0.15) is 15.1 Å². The number of thiophene rings is 1. The average Bonchev–Trinajstić information content (AvgIpc) is 3.35. The Kier molecular flexibility index (Phi) is 4.88. The molecule has 3 aromatic carbocycles. The summed E-state index contributed by atoms with van der Waals surface area (Å²) in [6.45, 7) is 1.99. The minimum Gasteiger partial charge on any atom is -0.436 e. The SMILES string of the molecule is Cc1ccc2nc(-c3ccc(NC(=O)c4sc5c([N+](=O)[O-])cccc5c4Cl)cc3)oc2c1. The van der Waals surface area contributed by atoms with Gasteiger partial charge in [0.05, 0.1) is 9.95 Å². The molecule has 0 bridgehead atoms. The Bertz CT molecular complexity index is 1520. The number of hydrogen-bond acceptors (Lipinski definition) is 6. The highest BCUT2D eigenvalue weighted by atomic mass is 35.5. The van der Waals surface area contributed by atoms with E-state index in [9.17, 15) is 14.9 Å². The molecule has 9 heteroatoms. The van der Waals surface area contributed by atoms with Gasteiger partial charge < -0.3 is 9.73 Å². The third-order valence-electron chi connectivity index (χ3n) is 4.97. The van der Waals surface area contributed by atoms with E-state index in [1.54, 1.807) is 36.4 Å². The van der Waals surface area contributed by atoms with Crippen LogP contribution in [-0.2, 0) is 0 Å². The van der Waals surface area contributed by atoms with Gasteiger partial charge in [0.25, 0.3) is 11.6 Å². The predicted octanol–water partition coefficient (Wildman–Crippen LogP) is 6.83. The lowest BCUT2D eigenvalue weighted by Crippen LogP contribution is -2.10. The number of fused-ring (bicyclic) bond motifs is 2. The number of nitro groups is 1. The molecule has 0 atom stereocenters. The molecule has 32 heavy (non-hydrogen) atoms. The van der Waals surface area contributed by atoms with E-state index in [4.69, 9.17) is 16.0 Å². The Morgan fingerprint density at radius 2 is 1.94 bits per heavy atom. The largest absolute Gasteiger partial charge is 0.436 e. The van der Waals surface area contributed by atoms with Crippen LogP contribution in [0.25, 0.3) is 32.6 Å². The second-order valence-electron chi connectivity index (χ2n) is 7.18. The van der Waals surface area contributed by atoms with Crippen LogP contribution in [-0.4, -0.2) is 15.8 Å². The fourth-order valence-electron chi connectivity index (χ4n) is 3.40.